The molecule has 1 aliphatic heterocycles. The van der Waals surface area contributed by atoms with E-state index in [-0.39, 0.29) is 11.1 Å². The molecule has 0 aromatic carbocycles. The van der Waals surface area contributed by atoms with Gasteiger partial charge in [-0.3, -0.25) is 0 Å². The Morgan fingerprint density at radius 2 is 1.78 bits per heavy atom. The molecule has 2 aliphatic rings. The first kappa shape index (κ1) is 14.1. The molecule has 0 amide bonds. The van der Waals surface area contributed by atoms with E-state index in [4.69, 9.17) is 0 Å². The van der Waals surface area contributed by atoms with E-state index < -0.39 is 0 Å². The maximum Gasteiger partial charge on any atom is 0.0144 e. The molecule has 2 N–H and O–H groups in total. The Bertz CT molecular complexity index is 288. The second-order valence-corrected chi connectivity index (χ2v) is 7.56. The van der Waals surface area contributed by atoms with Crippen molar-refractivity contribution in [1.29, 1.82) is 0 Å². The van der Waals surface area contributed by atoms with Crippen LogP contribution in [0.5, 0.6) is 0 Å². The summed E-state index contributed by atoms with van der Waals surface area (Å²) in [5, 5.41) is 7.58. The highest BCUT2D eigenvalue weighted by Gasteiger charge is 2.37. The zero-order valence-electron chi connectivity index (χ0n) is 12.6. The van der Waals surface area contributed by atoms with Gasteiger partial charge in [0, 0.05) is 17.1 Å². The van der Waals surface area contributed by atoms with Crippen LogP contribution in [0.2, 0.25) is 0 Å². The van der Waals surface area contributed by atoms with Gasteiger partial charge in [-0.15, -0.1) is 0 Å². The SMILES string of the molecule is CC1(C)CC(NCC2CC=CCC2)CC(C)(C)N1. The van der Waals surface area contributed by atoms with Gasteiger partial charge < -0.3 is 10.6 Å². The molecule has 0 radical (unpaired) electrons. The van der Waals surface area contributed by atoms with E-state index in [1.165, 1.54) is 38.6 Å². The van der Waals surface area contributed by atoms with E-state index in [0.717, 1.165) is 5.92 Å². The maximum atomic E-state index is 3.83. The Kier molecular flexibility index (Phi) is 4.18. The van der Waals surface area contributed by atoms with Crippen molar-refractivity contribution < 1.29 is 0 Å². The highest BCUT2D eigenvalue weighted by atomic mass is 15.1. The van der Waals surface area contributed by atoms with E-state index in [0.29, 0.717) is 6.04 Å². The average Bonchev–Trinajstić information content (AvgIpc) is 2.24. The van der Waals surface area contributed by atoms with Gasteiger partial charge in [-0.05, 0) is 72.3 Å². The Morgan fingerprint density at radius 1 is 1.11 bits per heavy atom. The summed E-state index contributed by atoms with van der Waals surface area (Å²) in [5.74, 6) is 0.858. The van der Waals surface area contributed by atoms with Gasteiger partial charge in [0.1, 0.15) is 0 Å². The van der Waals surface area contributed by atoms with E-state index in [2.05, 4.69) is 50.5 Å². The molecule has 0 bridgehead atoms. The number of nitrogens with one attached hydrogen (secondary N) is 2. The number of rotatable bonds is 3. The molecule has 1 aliphatic carbocycles. The van der Waals surface area contributed by atoms with Crippen LogP contribution in [0.15, 0.2) is 12.2 Å². The van der Waals surface area contributed by atoms with E-state index in [9.17, 15) is 0 Å². The standard InChI is InChI=1S/C16H30N2/c1-15(2)10-14(11-16(3,4)18-15)17-12-13-8-6-5-7-9-13/h5-6,13-14,17-18H,7-12H2,1-4H3. The second-order valence-electron chi connectivity index (χ2n) is 7.56. The van der Waals surface area contributed by atoms with Crippen LogP contribution in [0, 0.1) is 5.92 Å². The van der Waals surface area contributed by atoms with Crippen molar-refractivity contribution in [3.8, 4) is 0 Å². The summed E-state index contributed by atoms with van der Waals surface area (Å²) in [6, 6.07) is 0.669. The average molecular weight is 250 g/mol. The van der Waals surface area contributed by atoms with Crippen LogP contribution in [0.1, 0.15) is 59.8 Å². The van der Waals surface area contributed by atoms with E-state index in [1.54, 1.807) is 0 Å². The zero-order chi connectivity index (χ0) is 13.2. The Hall–Kier alpha value is -0.340. The van der Waals surface area contributed by atoms with Crippen molar-refractivity contribution in [2.45, 2.75) is 76.9 Å². The minimum absolute atomic E-state index is 0.256. The molecule has 2 heteroatoms. The molecule has 0 saturated carbocycles. The topological polar surface area (TPSA) is 24.1 Å². The third-order valence-electron chi connectivity index (χ3n) is 4.26. The highest BCUT2D eigenvalue weighted by Crippen LogP contribution is 2.29. The summed E-state index contributed by atoms with van der Waals surface area (Å²) < 4.78 is 0. The first-order chi connectivity index (χ1) is 8.36. The first-order valence-electron chi connectivity index (χ1n) is 7.54. The fraction of sp³-hybridized carbons (Fsp3) is 0.875. The molecule has 2 rings (SSSR count). The van der Waals surface area contributed by atoms with Crippen LogP contribution in [0.25, 0.3) is 0 Å². The van der Waals surface area contributed by atoms with E-state index >= 15 is 0 Å². The molecule has 0 spiro atoms. The summed E-state index contributed by atoms with van der Waals surface area (Å²) in [6.45, 7) is 10.5. The maximum absolute atomic E-state index is 3.83. The molecule has 1 unspecified atom stereocenters. The normalized spacial score (nSPS) is 31.4. The monoisotopic (exact) mass is 250 g/mol. The summed E-state index contributed by atoms with van der Waals surface area (Å²) in [7, 11) is 0. The van der Waals surface area contributed by atoms with Crippen LogP contribution >= 0.6 is 0 Å². The smallest absolute Gasteiger partial charge is 0.0144 e. The highest BCUT2D eigenvalue weighted by molar-refractivity contribution is 5.00. The fourth-order valence-corrected chi connectivity index (χ4v) is 3.84. The van der Waals surface area contributed by atoms with Gasteiger partial charge in [0.2, 0.25) is 0 Å². The van der Waals surface area contributed by atoms with Crippen LogP contribution in [-0.4, -0.2) is 23.7 Å². The van der Waals surface area contributed by atoms with Crippen molar-refractivity contribution in [3.05, 3.63) is 12.2 Å². The lowest BCUT2D eigenvalue weighted by Gasteiger charge is -2.47. The number of allylic oxidation sites excluding steroid dienone is 2. The van der Waals surface area contributed by atoms with Crippen LogP contribution in [0.3, 0.4) is 0 Å². The van der Waals surface area contributed by atoms with Crippen molar-refractivity contribution in [3.63, 3.8) is 0 Å². The molecule has 1 saturated heterocycles. The van der Waals surface area contributed by atoms with Gasteiger partial charge in [0.05, 0.1) is 0 Å². The summed E-state index contributed by atoms with van der Waals surface area (Å²) in [5.41, 5.74) is 0.512. The lowest BCUT2D eigenvalue weighted by molar-refractivity contribution is 0.143. The molecule has 1 atom stereocenters. The number of piperidine rings is 1. The van der Waals surface area contributed by atoms with Gasteiger partial charge in [-0.25, -0.2) is 0 Å². The summed E-state index contributed by atoms with van der Waals surface area (Å²) >= 11 is 0. The summed E-state index contributed by atoms with van der Waals surface area (Å²) in [4.78, 5) is 0. The fourth-order valence-electron chi connectivity index (χ4n) is 3.84. The number of hydrogen-bond donors (Lipinski definition) is 2. The molecule has 18 heavy (non-hydrogen) atoms. The van der Waals surface area contributed by atoms with Gasteiger partial charge >= 0.3 is 0 Å². The number of hydrogen-bond acceptors (Lipinski definition) is 2. The third-order valence-corrected chi connectivity index (χ3v) is 4.26. The first-order valence-corrected chi connectivity index (χ1v) is 7.54. The molecule has 1 fully saturated rings. The molecule has 0 aromatic heterocycles. The minimum atomic E-state index is 0.256. The molecule has 2 nitrogen and oxygen atoms in total. The predicted octanol–water partition coefficient (Wildman–Crippen LogP) is 3.24. The van der Waals surface area contributed by atoms with Crippen LogP contribution in [0.4, 0.5) is 0 Å². The van der Waals surface area contributed by atoms with Crippen LogP contribution in [-0.2, 0) is 0 Å². The Balaban J connectivity index is 1.83. The second kappa shape index (κ2) is 5.34. The molecular formula is C16H30N2. The lowest BCUT2D eigenvalue weighted by atomic mass is 9.79. The van der Waals surface area contributed by atoms with Crippen molar-refractivity contribution in [1.82, 2.24) is 10.6 Å². The van der Waals surface area contributed by atoms with Crippen LogP contribution < -0.4 is 10.6 Å². The van der Waals surface area contributed by atoms with Gasteiger partial charge in [0.25, 0.3) is 0 Å². The molecule has 1 heterocycles. The van der Waals surface area contributed by atoms with Crippen molar-refractivity contribution in [2.24, 2.45) is 5.92 Å². The van der Waals surface area contributed by atoms with Crippen molar-refractivity contribution >= 4 is 0 Å². The molecular weight excluding hydrogens is 220 g/mol. The zero-order valence-corrected chi connectivity index (χ0v) is 12.6. The Morgan fingerprint density at radius 3 is 2.33 bits per heavy atom. The van der Waals surface area contributed by atoms with Gasteiger partial charge in [-0.2, -0.15) is 0 Å². The van der Waals surface area contributed by atoms with Gasteiger partial charge in [-0.1, -0.05) is 12.2 Å². The lowest BCUT2D eigenvalue weighted by Crippen LogP contribution is -2.61. The third kappa shape index (κ3) is 4.10. The predicted molar refractivity (Wildman–Crippen MR) is 78.8 cm³/mol. The quantitative estimate of drug-likeness (QED) is 0.751. The van der Waals surface area contributed by atoms with E-state index in [1.807, 2.05) is 0 Å². The largest absolute Gasteiger partial charge is 0.314 e. The van der Waals surface area contributed by atoms with Crippen molar-refractivity contribution in [2.75, 3.05) is 6.54 Å². The Labute approximate surface area is 113 Å². The molecule has 0 aromatic rings. The minimum Gasteiger partial charge on any atom is -0.314 e. The summed E-state index contributed by atoms with van der Waals surface area (Å²) in [6.07, 6.45) is 11.1. The molecule has 104 valence electrons. The van der Waals surface area contributed by atoms with Gasteiger partial charge in [0.15, 0.2) is 0 Å².